The molecule has 0 unspecified atom stereocenters. The van der Waals surface area contributed by atoms with Crippen LogP contribution in [-0.4, -0.2) is 65.9 Å². The van der Waals surface area contributed by atoms with Crippen LogP contribution in [0.1, 0.15) is 67.1 Å². The maximum Gasteiger partial charge on any atom is 0.342 e. The van der Waals surface area contributed by atoms with E-state index in [4.69, 9.17) is 28.4 Å². The summed E-state index contributed by atoms with van der Waals surface area (Å²) >= 11 is 0. The second-order valence-corrected chi connectivity index (χ2v) is 11.4. The molecule has 0 amide bonds. The minimum absolute atomic E-state index is 0.142. The Morgan fingerprint density at radius 1 is 1.11 bits per heavy atom. The van der Waals surface area contributed by atoms with Gasteiger partial charge in [-0.25, -0.2) is 4.79 Å². The smallest absolute Gasteiger partial charge is 0.342 e. The zero-order valence-corrected chi connectivity index (χ0v) is 21.1. The molecule has 1 spiro atoms. The van der Waals surface area contributed by atoms with E-state index < -0.39 is 34.3 Å². The van der Waals surface area contributed by atoms with Gasteiger partial charge in [0.2, 0.25) is 0 Å². The van der Waals surface area contributed by atoms with Crippen molar-refractivity contribution in [1.82, 2.24) is 0 Å². The number of hydrogen-bond acceptors (Lipinski definition) is 9. The number of ether oxygens (including phenoxy) is 6. The average Bonchev–Trinajstić information content (AvgIpc) is 3.32. The lowest BCUT2D eigenvalue weighted by Gasteiger charge is -2.66. The Labute approximate surface area is 204 Å². The highest BCUT2D eigenvalue weighted by atomic mass is 16.9. The molecule has 1 saturated carbocycles. The summed E-state index contributed by atoms with van der Waals surface area (Å²) in [4.78, 5) is 12.6. The first-order chi connectivity index (χ1) is 16.4. The van der Waals surface area contributed by atoms with Crippen molar-refractivity contribution in [1.29, 1.82) is 0 Å². The summed E-state index contributed by atoms with van der Waals surface area (Å²) in [6, 6.07) is 0. The first kappa shape index (κ1) is 23.5. The Hall–Kier alpha value is -1.91. The van der Waals surface area contributed by atoms with E-state index in [1.54, 1.807) is 14.0 Å². The molecule has 1 aliphatic carbocycles. The number of hydrogen-bond donors (Lipinski definition) is 2. The highest BCUT2D eigenvalue weighted by Crippen LogP contribution is 2.71. The van der Waals surface area contributed by atoms with Crippen LogP contribution in [0.4, 0.5) is 0 Å². The molecular weight excluding hydrogens is 456 g/mol. The van der Waals surface area contributed by atoms with E-state index in [1.807, 2.05) is 13.8 Å². The van der Waals surface area contributed by atoms with Gasteiger partial charge in [-0.2, -0.15) is 0 Å². The van der Waals surface area contributed by atoms with Gasteiger partial charge in [0.15, 0.2) is 0 Å². The summed E-state index contributed by atoms with van der Waals surface area (Å²) in [6.07, 6.45) is 0.911. The second-order valence-electron chi connectivity index (χ2n) is 11.4. The van der Waals surface area contributed by atoms with Gasteiger partial charge >= 0.3 is 5.97 Å². The maximum atomic E-state index is 12.6. The molecule has 2 saturated heterocycles. The monoisotopic (exact) mass is 490 g/mol. The third-order valence-electron chi connectivity index (χ3n) is 9.84. The van der Waals surface area contributed by atoms with Crippen LogP contribution in [0.25, 0.3) is 0 Å². The minimum atomic E-state index is -1.32. The van der Waals surface area contributed by atoms with Crippen LogP contribution in [0, 0.1) is 18.3 Å². The SMILES string of the molecule is COc1c2c(c(C)c3c1C(=O)OC3)O[C@]1(C)C[C@@H](O)[C@]34O[C@](OC)(CC[C@]3(C)[C@@H]1C2)O[C@@]4(C)CO. The van der Waals surface area contributed by atoms with Crippen molar-refractivity contribution in [3.05, 3.63) is 22.3 Å². The third kappa shape index (κ3) is 2.49. The number of methoxy groups -OCH3 is 2. The van der Waals surface area contributed by atoms with Gasteiger partial charge in [-0.3, -0.25) is 0 Å². The maximum absolute atomic E-state index is 12.6. The van der Waals surface area contributed by atoms with Gasteiger partial charge in [0.05, 0.1) is 19.8 Å². The second kappa shape index (κ2) is 6.89. The molecule has 5 aliphatic rings. The summed E-state index contributed by atoms with van der Waals surface area (Å²) in [7, 11) is 3.08. The van der Waals surface area contributed by atoms with Crippen LogP contribution < -0.4 is 9.47 Å². The van der Waals surface area contributed by atoms with E-state index in [-0.39, 0.29) is 31.5 Å². The Kier molecular flexibility index (Phi) is 4.62. The lowest BCUT2D eigenvalue weighted by Crippen LogP contribution is -2.78. The Morgan fingerprint density at radius 3 is 2.51 bits per heavy atom. The first-order valence-corrected chi connectivity index (χ1v) is 12.3. The molecule has 2 bridgehead atoms. The molecule has 6 rings (SSSR count). The number of carbonyl (C=O) groups excluding carboxylic acids is 1. The van der Waals surface area contributed by atoms with Crippen molar-refractivity contribution in [3.8, 4) is 11.5 Å². The minimum Gasteiger partial charge on any atom is -0.495 e. The number of aliphatic hydroxyl groups excluding tert-OH is 2. The summed E-state index contributed by atoms with van der Waals surface area (Å²) in [5, 5.41) is 22.3. The van der Waals surface area contributed by atoms with Crippen molar-refractivity contribution in [2.45, 2.75) is 88.9 Å². The molecule has 4 aliphatic heterocycles. The molecular formula is C26H34O9. The molecule has 4 heterocycles. The van der Waals surface area contributed by atoms with Crippen molar-refractivity contribution in [3.63, 3.8) is 0 Å². The molecule has 0 radical (unpaired) electrons. The highest BCUT2D eigenvalue weighted by molar-refractivity contribution is 5.98. The van der Waals surface area contributed by atoms with E-state index in [0.29, 0.717) is 36.3 Å². The lowest BCUT2D eigenvalue weighted by atomic mass is 9.45. The number of carbonyl (C=O) groups is 1. The number of benzene rings is 1. The van der Waals surface area contributed by atoms with Crippen LogP contribution in [-0.2, 0) is 32.0 Å². The van der Waals surface area contributed by atoms with E-state index >= 15 is 0 Å². The van der Waals surface area contributed by atoms with Crippen LogP contribution in [0.15, 0.2) is 0 Å². The molecule has 7 atom stereocenters. The summed E-state index contributed by atoms with van der Waals surface area (Å²) < 4.78 is 36.5. The van der Waals surface area contributed by atoms with Crippen molar-refractivity contribution in [2.24, 2.45) is 11.3 Å². The quantitative estimate of drug-likeness (QED) is 0.617. The van der Waals surface area contributed by atoms with Crippen molar-refractivity contribution < 1.29 is 43.4 Å². The summed E-state index contributed by atoms with van der Waals surface area (Å²) in [6.45, 7) is 7.70. The summed E-state index contributed by atoms with van der Waals surface area (Å²) in [5.41, 5.74) is -0.872. The predicted octanol–water partition coefficient (Wildman–Crippen LogP) is 2.39. The molecule has 1 aromatic rings. The van der Waals surface area contributed by atoms with Crippen LogP contribution in [0.3, 0.4) is 0 Å². The van der Waals surface area contributed by atoms with Gasteiger partial charge in [0.25, 0.3) is 5.97 Å². The van der Waals surface area contributed by atoms with Crippen LogP contribution in [0.2, 0.25) is 0 Å². The zero-order chi connectivity index (χ0) is 25.2. The Bertz CT molecular complexity index is 1130. The number of cyclic esters (lactones) is 1. The number of fused-ring (bicyclic) bond motifs is 5. The molecule has 1 aromatic carbocycles. The van der Waals surface area contributed by atoms with Crippen molar-refractivity contribution >= 4 is 5.97 Å². The fourth-order valence-electron chi connectivity index (χ4n) is 8.22. The fraction of sp³-hybridized carbons (Fsp3) is 0.731. The lowest BCUT2D eigenvalue weighted by molar-refractivity contribution is -0.392. The molecule has 192 valence electrons. The fourth-order valence-corrected chi connectivity index (χ4v) is 8.22. The largest absolute Gasteiger partial charge is 0.495 e. The molecule has 0 aromatic heterocycles. The van der Waals surface area contributed by atoms with E-state index in [9.17, 15) is 15.0 Å². The third-order valence-corrected chi connectivity index (χ3v) is 9.84. The molecule has 9 heteroatoms. The van der Waals surface area contributed by atoms with Gasteiger partial charge < -0.3 is 38.6 Å². The number of esters is 1. The number of rotatable bonds is 3. The van der Waals surface area contributed by atoms with Crippen molar-refractivity contribution in [2.75, 3.05) is 20.8 Å². The van der Waals surface area contributed by atoms with Gasteiger partial charge in [-0.1, -0.05) is 6.92 Å². The molecule has 9 nitrogen and oxygen atoms in total. The topological polar surface area (TPSA) is 113 Å². The summed E-state index contributed by atoms with van der Waals surface area (Å²) in [5.74, 6) is -0.667. The molecule has 3 fully saturated rings. The molecule has 2 N–H and O–H groups in total. The van der Waals surface area contributed by atoms with Gasteiger partial charge in [-0.05, 0) is 39.2 Å². The predicted molar refractivity (Wildman–Crippen MR) is 121 cm³/mol. The zero-order valence-electron chi connectivity index (χ0n) is 21.1. The first-order valence-electron chi connectivity index (χ1n) is 12.3. The Balaban J connectivity index is 1.56. The molecule has 35 heavy (non-hydrogen) atoms. The normalized spacial score (nSPS) is 45.1. The van der Waals surface area contributed by atoms with E-state index in [1.165, 1.54) is 7.11 Å². The van der Waals surface area contributed by atoms with Crippen LogP contribution in [0.5, 0.6) is 11.5 Å². The van der Waals surface area contributed by atoms with Gasteiger partial charge in [-0.15, -0.1) is 0 Å². The van der Waals surface area contributed by atoms with Gasteiger partial charge in [0, 0.05) is 42.4 Å². The Morgan fingerprint density at radius 2 is 1.86 bits per heavy atom. The van der Waals surface area contributed by atoms with Crippen LogP contribution >= 0.6 is 0 Å². The highest BCUT2D eigenvalue weighted by Gasteiger charge is 2.81. The van der Waals surface area contributed by atoms with E-state index in [2.05, 4.69) is 6.92 Å². The van der Waals surface area contributed by atoms with Gasteiger partial charge in [0.1, 0.15) is 40.5 Å². The van der Waals surface area contributed by atoms with E-state index in [0.717, 1.165) is 16.7 Å². The average molecular weight is 491 g/mol. The number of aliphatic hydroxyl groups is 2. The standard InChI is InChI=1S/C26H34O9/c1-13-15-11-32-21(29)18(15)20(30-5)14-9-16-22(2)7-8-25(31-6)34-24(4,12-27)26(22,35-25)17(28)10-23(16,3)33-19(13)14/h16-17,27-28H,7-12H2,1-6H3/t16-,17+,22+,23+,24-,25-,26-/m0/s1.